The van der Waals surface area contributed by atoms with Crippen LogP contribution < -0.4 is 4.90 Å². The van der Waals surface area contributed by atoms with Gasteiger partial charge in [-0.05, 0) is 6.07 Å². The number of carbonyl (C=O) groups excluding carboxylic acids is 1. The summed E-state index contributed by atoms with van der Waals surface area (Å²) < 4.78 is 1.91. The zero-order valence-electron chi connectivity index (χ0n) is 12.5. The number of anilines is 1. The van der Waals surface area contributed by atoms with E-state index in [9.17, 15) is 4.79 Å². The van der Waals surface area contributed by atoms with Gasteiger partial charge < -0.3 is 14.4 Å². The quantitative estimate of drug-likeness (QED) is 0.846. The van der Waals surface area contributed by atoms with Crippen molar-refractivity contribution in [1.82, 2.24) is 19.4 Å². The number of nitrogens with zero attached hydrogens (tertiary/aromatic N) is 5. The molecule has 8 heteroatoms. The van der Waals surface area contributed by atoms with Gasteiger partial charge in [0.25, 0.3) is 0 Å². The average molecular weight is 354 g/mol. The van der Waals surface area contributed by atoms with Crippen LogP contribution in [0.1, 0.15) is 6.42 Å². The third-order valence-corrected chi connectivity index (χ3v) is 4.35. The molecule has 1 aliphatic heterocycles. The molecule has 23 heavy (non-hydrogen) atoms. The van der Waals surface area contributed by atoms with Crippen LogP contribution in [0.15, 0.2) is 31.0 Å². The molecule has 0 bridgehead atoms. The molecule has 0 atom stereocenters. The largest absolute Gasteiger partial charge is 0.352 e. The number of hydrogen-bond acceptors (Lipinski definition) is 4. The Morgan fingerprint density at radius 1 is 1.22 bits per heavy atom. The van der Waals surface area contributed by atoms with Gasteiger partial charge in [-0.3, -0.25) is 4.79 Å². The predicted octanol–water partition coefficient (Wildman–Crippen LogP) is 2.32. The normalized spacial score (nSPS) is 15.0. The number of carbonyl (C=O) groups is 1. The van der Waals surface area contributed by atoms with E-state index in [0.717, 1.165) is 5.82 Å². The van der Waals surface area contributed by atoms with Crippen molar-refractivity contribution in [1.29, 1.82) is 0 Å². The highest BCUT2D eigenvalue weighted by atomic mass is 35.5. The van der Waals surface area contributed by atoms with E-state index in [1.54, 1.807) is 24.8 Å². The van der Waals surface area contributed by atoms with E-state index in [4.69, 9.17) is 23.2 Å². The summed E-state index contributed by atoms with van der Waals surface area (Å²) in [6.45, 7) is 3.42. The van der Waals surface area contributed by atoms with Gasteiger partial charge in [0.05, 0.1) is 16.4 Å². The molecule has 0 aliphatic carbocycles. The third kappa shape index (κ3) is 3.95. The van der Waals surface area contributed by atoms with Gasteiger partial charge in [0.15, 0.2) is 0 Å². The Morgan fingerprint density at radius 3 is 2.65 bits per heavy atom. The van der Waals surface area contributed by atoms with Gasteiger partial charge in [-0.2, -0.15) is 0 Å². The molecule has 0 radical (unpaired) electrons. The lowest BCUT2D eigenvalue weighted by Gasteiger charge is -2.35. The van der Waals surface area contributed by atoms with Crippen molar-refractivity contribution in [2.45, 2.75) is 13.0 Å². The Bertz CT molecular complexity index is 669. The zero-order valence-corrected chi connectivity index (χ0v) is 14.0. The summed E-state index contributed by atoms with van der Waals surface area (Å²) in [5.41, 5.74) is 0. The van der Waals surface area contributed by atoms with E-state index < -0.39 is 0 Å². The topological polar surface area (TPSA) is 54.3 Å². The van der Waals surface area contributed by atoms with E-state index in [1.165, 1.54) is 0 Å². The number of amides is 1. The average Bonchev–Trinajstić information content (AvgIpc) is 3.06. The van der Waals surface area contributed by atoms with Crippen molar-refractivity contribution in [3.63, 3.8) is 0 Å². The van der Waals surface area contributed by atoms with Gasteiger partial charge in [0.1, 0.15) is 5.82 Å². The second kappa shape index (κ2) is 7.19. The fourth-order valence-corrected chi connectivity index (χ4v) is 3.11. The Morgan fingerprint density at radius 2 is 2.00 bits per heavy atom. The van der Waals surface area contributed by atoms with Gasteiger partial charge >= 0.3 is 0 Å². The third-order valence-electron chi connectivity index (χ3n) is 3.86. The lowest BCUT2D eigenvalue weighted by molar-refractivity contribution is -0.131. The lowest BCUT2D eigenvalue weighted by Crippen LogP contribution is -2.49. The van der Waals surface area contributed by atoms with E-state index in [1.807, 2.05) is 15.7 Å². The molecule has 0 aromatic carbocycles. The van der Waals surface area contributed by atoms with Crippen LogP contribution in [0.5, 0.6) is 0 Å². The highest BCUT2D eigenvalue weighted by Gasteiger charge is 2.23. The molecule has 1 aliphatic rings. The van der Waals surface area contributed by atoms with Crippen LogP contribution in [0.25, 0.3) is 0 Å². The number of imidazole rings is 1. The maximum absolute atomic E-state index is 12.3. The van der Waals surface area contributed by atoms with Crippen molar-refractivity contribution < 1.29 is 4.79 Å². The maximum Gasteiger partial charge on any atom is 0.224 e. The molecule has 0 N–H and O–H groups in total. The minimum Gasteiger partial charge on any atom is -0.352 e. The highest BCUT2D eigenvalue weighted by molar-refractivity contribution is 6.36. The first-order valence-corrected chi connectivity index (χ1v) is 8.18. The summed E-state index contributed by atoms with van der Waals surface area (Å²) in [5, 5.41) is 1.06. The van der Waals surface area contributed by atoms with E-state index >= 15 is 0 Å². The molecule has 2 aromatic heterocycles. The first-order valence-electron chi connectivity index (χ1n) is 7.43. The second-order valence-corrected chi connectivity index (χ2v) is 6.22. The fraction of sp³-hybridized carbons (Fsp3) is 0.400. The first kappa shape index (κ1) is 16.1. The van der Waals surface area contributed by atoms with Crippen molar-refractivity contribution in [2.75, 3.05) is 31.1 Å². The van der Waals surface area contributed by atoms with Crippen LogP contribution in [0.4, 0.5) is 5.82 Å². The SMILES string of the molecule is O=C(CCn1ccnc1)N1CCN(c2ncc(Cl)cc2Cl)CC1. The van der Waals surface area contributed by atoms with Gasteiger partial charge in [0.2, 0.25) is 5.91 Å². The maximum atomic E-state index is 12.3. The number of aryl methyl sites for hydroxylation is 1. The number of hydrogen-bond donors (Lipinski definition) is 0. The van der Waals surface area contributed by atoms with Gasteiger partial charge in [0, 0.05) is 57.7 Å². The van der Waals surface area contributed by atoms with Crippen LogP contribution in [0.3, 0.4) is 0 Å². The number of aromatic nitrogens is 3. The molecule has 1 fully saturated rings. The monoisotopic (exact) mass is 353 g/mol. The molecule has 0 unspecified atom stereocenters. The molecule has 6 nitrogen and oxygen atoms in total. The molecule has 3 rings (SSSR count). The minimum absolute atomic E-state index is 0.161. The summed E-state index contributed by atoms with van der Waals surface area (Å²) in [5.74, 6) is 0.884. The smallest absolute Gasteiger partial charge is 0.224 e. The molecule has 2 aromatic rings. The standard InChI is InChI=1S/C15H17Cl2N5O/c16-12-9-13(17)15(19-10-12)22-7-5-21(6-8-22)14(23)1-3-20-4-2-18-11-20/h2,4,9-11H,1,3,5-8H2. The lowest BCUT2D eigenvalue weighted by atomic mass is 10.2. The predicted molar refractivity (Wildman–Crippen MR) is 89.9 cm³/mol. The first-order chi connectivity index (χ1) is 11.1. The molecule has 0 saturated carbocycles. The van der Waals surface area contributed by atoms with Crippen LogP contribution in [0.2, 0.25) is 10.0 Å². The fourth-order valence-electron chi connectivity index (χ4n) is 2.61. The van der Waals surface area contributed by atoms with E-state index in [0.29, 0.717) is 49.2 Å². The van der Waals surface area contributed by atoms with Crippen molar-refractivity contribution in [3.8, 4) is 0 Å². The number of halogens is 2. The Balaban J connectivity index is 1.52. The zero-order chi connectivity index (χ0) is 16.2. The Kier molecular flexibility index (Phi) is 5.03. The molecule has 122 valence electrons. The molecular weight excluding hydrogens is 337 g/mol. The molecule has 1 amide bonds. The highest BCUT2D eigenvalue weighted by Crippen LogP contribution is 2.26. The van der Waals surface area contributed by atoms with Crippen LogP contribution in [0, 0.1) is 0 Å². The van der Waals surface area contributed by atoms with Crippen LogP contribution in [-0.4, -0.2) is 51.5 Å². The summed E-state index contributed by atoms with van der Waals surface area (Å²) in [6, 6.07) is 1.69. The van der Waals surface area contributed by atoms with Crippen molar-refractivity contribution in [2.24, 2.45) is 0 Å². The summed E-state index contributed by atoms with van der Waals surface area (Å²) in [4.78, 5) is 24.5. The summed E-state index contributed by atoms with van der Waals surface area (Å²) in [7, 11) is 0. The summed E-state index contributed by atoms with van der Waals surface area (Å²) >= 11 is 12.1. The van der Waals surface area contributed by atoms with E-state index in [-0.39, 0.29) is 5.91 Å². The van der Waals surface area contributed by atoms with Crippen LogP contribution >= 0.6 is 23.2 Å². The van der Waals surface area contributed by atoms with Gasteiger partial charge in [-0.1, -0.05) is 23.2 Å². The Hall–Kier alpha value is -1.79. The molecule has 0 spiro atoms. The second-order valence-electron chi connectivity index (χ2n) is 5.38. The summed E-state index contributed by atoms with van der Waals surface area (Å²) in [6.07, 6.45) is 7.37. The molecule has 1 saturated heterocycles. The van der Waals surface area contributed by atoms with Gasteiger partial charge in [-0.15, -0.1) is 0 Å². The van der Waals surface area contributed by atoms with Gasteiger partial charge in [-0.25, -0.2) is 9.97 Å². The van der Waals surface area contributed by atoms with E-state index in [2.05, 4.69) is 14.9 Å². The molecule has 3 heterocycles. The number of rotatable bonds is 4. The van der Waals surface area contributed by atoms with Crippen molar-refractivity contribution >= 4 is 34.9 Å². The molecular formula is C15H17Cl2N5O. The number of pyridine rings is 1. The van der Waals surface area contributed by atoms with Crippen molar-refractivity contribution in [3.05, 3.63) is 41.0 Å². The number of piperazine rings is 1. The van der Waals surface area contributed by atoms with Crippen LogP contribution in [-0.2, 0) is 11.3 Å². The Labute approximate surface area is 144 Å². The minimum atomic E-state index is 0.161.